The maximum absolute atomic E-state index is 8.36. The third-order valence-electron chi connectivity index (χ3n) is 7.46. The van der Waals surface area contributed by atoms with Crippen molar-refractivity contribution in [2.75, 3.05) is 52.6 Å². The molecule has 3 aliphatic rings. The number of nitrogens with zero attached hydrogens (tertiary/aromatic N) is 2. The fraction of sp³-hybridized carbons (Fsp3) is 0.846. The Hall–Kier alpha value is -2.68. The SMILES string of the molecule is N=C(NCNNCC1CCCC(CNNCNC(=N)N2CCCCCC2)C1)N1CCCCCC1.O=CO.O=CO. The van der Waals surface area contributed by atoms with Crippen molar-refractivity contribution >= 4 is 24.9 Å². The summed E-state index contributed by atoms with van der Waals surface area (Å²) in [6.45, 7) is 6.61. The lowest BCUT2D eigenvalue weighted by atomic mass is 9.81. The van der Waals surface area contributed by atoms with Gasteiger partial charge >= 0.3 is 0 Å². The van der Waals surface area contributed by atoms with Gasteiger partial charge in [-0.3, -0.25) is 31.3 Å². The molecule has 14 heteroatoms. The Morgan fingerprint density at radius 1 is 0.625 bits per heavy atom. The minimum absolute atomic E-state index is 0.250. The van der Waals surface area contributed by atoms with Crippen LogP contribution in [0.2, 0.25) is 0 Å². The van der Waals surface area contributed by atoms with Gasteiger partial charge in [0.25, 0.3) is 12.9 Å². The lowest BCUT2D eigenvalue weighted by Crippen LogP contribution is -2.49. The first-order valence-electron chi connectivity index (χ1n) is 14.8. The molecule has 0 aromatic rings. The topological polar surface area (TPSA) is 201 Å². The second-order valence-electron chi connectivity index (χ2n) is 10.4. The quantitative estimate of drug-likeness (QED) is 0.0448. The Balaban J connectivity index is 0.00000122. The van der Waals surface area contributed by atoms with E-state index < -0.39 is 0 Å². The summed E-state index contributed by atoms with van der Waals surface area (Å²) in [6.07, 6.45) is 15.0. The van der Waals surface area contributed by atoms with Crippen LogP contribution in [0.25, 0.3) is 0 Å². The first kappa shape index (κ1) is 35.3. The maximum atomic E-state index is 8.36. The predicted molar refractivity (Wildman–Crippen MR) is 157 cm³/mol. The summed E-state index contributed by atoms with van der Waals surface area (Å²) in [5.41, 5.74) is 13.2. The molecule has 0 aromatic heterocycles. The van der Waals surface area contributed by atoms with Gasteiger partial charge in [-0.2, -0.15) is 0 Å². The van der Waals surface area contributed by atoms with Crippen molar-refractivity contribution in [2.45, 2.75) is 77.0 Å². The number of hydrogen-bond acceptors (Lipinski definition) is 8. The molecule has 2 heterocycles. The normalized spacial score (nSPS) is 21.2. The molecule has 0 aromatic carbocycles. The Kier molecular flexibility index (Phi) is 21.3. The molecule has 40 heavy (non-hydrogen) atoms. The zero-order valence-corrected chi connectivity index (χ0v) is 24.1. The Bertz CT molecular complexity index is 618. The van der Waals surface area contributed by atoms with Crippen molar-refractivity contribution < 1.29 is 19.8 Å². The molecule has 0 bridgehead atoms. The fourth-order valence-electron chi connectivity index (χ4n) is 5.40. The molecule has 232 valence electrons. The zero-order valence-electron chi connectivity index (χ0n) is 24.1. The van der Waals surface area contributed by atoms with Gasteiger partial charge in [-0.05, 0) is 56.8 Å². The fourth-order valence-corrected chi connectivity index (χ4v) is 5.40. The highest BCUT2D eigenvalue weighted by atomic mass is 16.3. The highest BCUT2D eigenvalue weighted by Gasteiger charge is 2.21. The van der Waals surface area contributed by atoms with E-state index in [1.165, 1.54) is 77.0 Å². The van der Waals surface area contributed by atoms with E-state index in [1.54, 1.807) is 0 Å². The Labute approximate surface area is 239 Å². The molecule has 2 aliphatic heterocycles. The number of nitrogens with one attached hydrogen (secondary N) is 8. The zero-order chi connectivity index (χ0) is 29.3. The molecule has 2 saturated heterocycles. The molecule has 10 N–H and O–H groups in total. The third-order valence-corrected chi connectivity index (χ3v) is 7.46. The van der Waals surface area contributed by atoms with Crippen LogP contribution in [0.1, 0.15) is 77.0 Å². The monoisotopic (exact) mass is 570 g/mol. The first-order chi connectivity index (χ1) is 19.5. The van der Waals surface area contributed by atoms with Crippen LogP contribution in [0.5, 0.6) is 0 Å². The summed E-state index contributed by atoms with van der Waals surface area (Å²) < 4.78 is 0. The number of hydrogen-bond donors (Lipinski definition) is 10. The highest BCUT2D eigenvalue weighted by molar-refractivity contribution is 5.77. The molecule has 2 atom stereocenters. The van der Waals surface area contributed by atoms with Crippen LogP contribution in [0.4, 0.5) is 0 Å². The number of guanidine groups is 2. The number of hydrazine groups is 2. The highest BCUT2D eigenvalue weighted by Crippen LogP contribution is 2.27. The lowest BCUT2D eigenvalue weighted by molar-refractivity contribution is -0.123. The van der Waals surface area contributed by atoms with Gasteiger partial charge in [-0.15, -0.1) is 0 Å². The summed E-state index contributed by atoms with van der Waals surface area (Å²) in [7, 11) is 0. The predicted octanol–water partition coefficient (Wildman–Crippen LogP) is 1.10. The Morgan fingerprint density at radius 2 is 0.975 bits per heavy atom. The van der Waals surface area contributed by atoms with Gasteiger partial charge in [0.2, 0.25) is 0 Å². The lowest BCUT2D eigenvalue weighted by Gasteiger charge is -2.30. The number of rotatable bonds is 10. The van der Waals surface area contributed by atoms with E-state index >= 15 is 0 Å². The van der Waals surface area contributed by atoms with Gasteiger partial charge in [0.1, 0.15) is 0 Å². The van der Waals surface area contributed by atoms with Gasteiger partial charge in [-0.25, -0.2) is 10.9 Å². The second-order valence-corrected chi connectivity index (χ2v) is 10.4. The van der Waals surface area contributed by atoms with E-state index in [-0.39, 0.29) is 12.9 Å². The van der Waals surface area contributed by atoms with Crippen LogP contribution in [0.3, 0.4) is 0 Å². The van der Waals surface area contributed by atoms with E-state index in [1.807, 2.05) is 0 Å². The van der Waals surface area contributed by atoms with Gasteiger partial charge in [0.15, 0.2) is 11.9 Å². The minimum Gasteiger partial charge on any atom is -0.483 e. The largest absolute Gasteiger partial charge is 0.483 e. The van der Waals surface area contributed by atoms with Crippen molar-refractivity contribution in [3.8, 4) is 0 Å². The van der Waals surface area contributed by atoms with Crippen LogP contribution in [-0.2, 0) is 9.59 Å². The summed E-state index contributed by atoms with van der Waals surface area (Å²) in [6, 6.07) is 0. The van der Waals surface area contributed by atoms with Gasteiger partial charge in [0, 0.05) is 39.3 Å². The van der Waals surface area contributed by atoms with Crippen LogP contribution < -0.4 is 32.3 Å². The first-order valence-corrected chi connectivity index (χ1v) is 14.8. The second kappa shape index (κ2) is 24.1. The molecule has 0 spiro atoms. The standard InChI is InChI=1S/C24H50N10.2CH2O2/c25-23(33-12-5-1-2-6-13-33)27-19-31-29-17-21-10-9-11-22(16-21)18-30-32-20-28-24(26)34-14-7-3-4-8-15-34;2*2-1-3/h21-22,29-32H,1-20H2,(H2,25,27)(H2,26,28);2*1H,(H,2,3). The molecule has 1 aliphatic carbocycles. The van der Waals surface area contributed by atoms with Gasteiger partial charge in [-0.1, -0.05) is 32.1 Å². The third kappa shape index (κ3) is 17.1. The average Bonchev–Trinajstić information content (AvgIpc) is 3.40. The van der Waals surface area contributed by atoms with Crippen LogP contribution in [0.15, 0.2) is 0 Å². The maximum Gasteiger partial charge on any atom is 0.290 e. The summed E-state index contributed by atoms with van der Waals surface area (Å²) >= 11 is 0. The van der Waals surface area contributed by atoms with E-state index in [9.17, 15) is 0 Å². The molecular formula is C26H54N10O4. The number of likely N-dealkylation sites (tertiary alicyclic amines) is 2. The van der Waals surface area contributed by atoms with E-state index in [2.05, 4.69) is 42.1 Å². The summed E-state index contributed by atoms with van der Waals surface area (Å²) in [4.78, 5) is 21.0. The molecule has 2 unspecified atom stereocenters. The average molecular weight is 571 g/mol. The van der Waals surface area contributed by atoms with E-state index in [0.29, 0.717) is 37.1 Å². The van der Waals surface area contributed by atoms with Crippen LogP contribution in [0, 0.1) is 22.7 Å². The van der Waals surface area contributed by atoms with Crippen molar-refractivity contribution in [3.63, 3.8) is 0 Å². The molecule has 0 amide bonds. The molecule has 3 fully saturated rings. The Morgan fingerprint density at radius 3 is 1.32 bits per heavy atom. The summed E-state index contributed by atoms with van der Waals surface area (Å²) in [5, 5.41) is 36.6. The van der Waals surface area contributed by atoms with E-state index in [4.69, 9.17) is 30.6 Å². The molecule has 14 nitrogen and oxygen atoms in total. The van der Waals surface area contributed by atoms with Crippen LogP contribution in [-0.4, -0.2) is 97.5 Å². The van der Waals surface area contributed by atoms with Gasteiger partial charge < -0.3 is 30.6 Å². The molecule has 1 saturated carbocycles. The van der Waals surface area contributed by atoms with Crippen molar-refractivity contribution in [1.29, 1.82) is 10.8 Å². The minimum atomic E-state index is -0.250. The van der Waals surface area contributed by atoms with Crippen molar-refractivity contribution in [2.24, 2.45) is 11.8 Å². The number of carbonyl (C=O) groups is 2. The van der Waals surface area contributed by atoms with Crippen molar-refractivity contribution in [1.82, 2.24) is 42.1 Å². The van der Waals surface area contributed by atoms with Crippen molar-refractivity contribution in [3.05, 3.63) is 0 Å². The molecular weight excluding hydrogens is 516 g/mol. The molecule has 0 radical (unpaired) electrons. The van der Waals surface area contributed by atoms with Gasteiger partial charge in [0.05, 0.1) is 13.3 Å². The molecule has 3 rings (SSSR count). The number of carboxylic acid groups (broad SMARTS) is 2. The van der Waals surface area contributed by atoms with E-state index in [0.717, 1.165) is 39.3 Å². The smallest absolute Gasteiger partial charge is 0.290 e. The summed E-state index contributed by atoms with van der Waals surface area (Å²) in [5.74, 6) is 2.46. The van der Waals surface area contributed by atoms with Crippen LogP contribution >= 0.6 is 0 Å².